The smallest absolute Gasteiger partial charge is 0.219 e. The van der Waals surface area contributed by atoms with E-state index in [0.717, 1.165) is 12.8 Å². The Morgan fingerprint density at radius 3 is 2.64 bits per heavy atom. The highest BCUT2D eigenvalue weighted by molar-refractivity contribution is 5.74. The molecular formula is C9H21N3O2. The first-order valence-corrected chi connectivity index (χ1v) is 4.95. The maximum absolute atomic E-state index is 10.7. The van der Waals surface area contributed by atoms with Crippen LogP contribution in [0.15, 0.2) is 0 Å². The highest BCUT2D eigenvalue weighted by atomic mass is 16.2. The van der Waals surface area contributed by atoms with Gasteiger partial charge in [0.15, 0.2) is 0 Å². The van der Waals surface area contributed by atoms with Gasteiger partial charge in [-0.25, -0.2) is 0 Å². The van der Waals surface area contributed by atoms with Gasteiger partial charge in [-0.1, -0.05) is 0 Å². The molecule has 0 aromatic rings. The fraction of sp³-hybridized carbons (Fsp3) is 0.889. The lowest BCUT2D eigenvalue weighted by Gasteiger charge is -2.20. The van der Waals surface area contributed by atoms with Crippen LogP contribution in [0.4, 0.5) is 0 Å². The molecule has 0 spiro atoms. The van der Waals surface area contributed by atoms with Crippen molar-refractivity contribution in [3.8, 4) is 0 Å². The summed E-state index contributed by atoms with van der Waals surface area (Å²) in [5.41, 5.74) is 10.5. The molecule has 84 valence electrons. The first kappa shape index (κ1) is 13.4. The maximum atomic E-state index is 10.7. The second-order valence-electron chi connectivity index (χ2n) is 3.54. The fourth-order valence-corrected chi connectivity index (χ4v) is 1.34. The summed E-state index contributed by atoms with van der Waals surface area (Å²) in [6.07, 6.45) is 1.88. The molecule has 5 nitrogen and oxygen atoms in total. The Kier molecular flexibility index (Phi) is 7.37. The second-order valence-corrected chi connectivity index (χ2v) is 3.54. The van der Waals surface area contributed by atoms with Gasteiger partial charge < -0.3 is 21.9 Å². The molecule has 1 amide bonds. The zero-order valence-electron chi connectivity index (χ0n) is 8.70. The Morgan fingerprint density at radius 1 is 1.57 bits per heavy atom. The first-order valence-electron chi connectivity index (χ1n) is 4.95. The van der Waals surface area contributed by atoms with Crippen LogP contribution in [0.1, 0.15) is 26.2 Å². The number of carbonyl (C=O) groups is 1. The summed E-state index contributed by atoms with van der Waals surface area (Å²) in [5.74, 6) is -0.345. The highest BCUT2D eigenvalue weighted by Gasteiger charge is 2.12. The van der Waals surface area contributed by atoms with E-state index >= 15 is 0 Å². The largest absolute Gasteiger partial charge is 0.396 e. The molecule has 0 rings (SSSR count). The molecule has 0 fully saturated rings. The van der Waals surface area contributed by atoms with Crippen molar-refractivity contribution in [2.24, 2.45) is 11.5 Å². The van der Waals surface area contributed by atoms with Crippen molar-refractivity contribution in [3.63, 3.8) is 0 Å². The van der Waals surface area contributed by atoms with Crippen molar-refractivity contribution in [1.29, 1.82) is 0 Å². The first-order chi connectivity index (χ1) is 6.60. The van der Waals surface area contributed by atoms with E-state index < -0.39 is 0 Å². The number of rotatable bonds is 8. The third-order valence-electron chi connectivity index (χ3n) is 2.05. The highest BCUT2D eigenvalue weighted by Crippen LogP contribution is 1.98. The number of hydrogen-bond donors (Lipinski definition) is 4. The topological polar surface area (TPSA) is 101 Å². The van der Waals surface area contributed by atoms with Gasteiger partial charge in [-0.2, -0.15) is 0 Å². The van der Waals surface area contributed by atoms with E-state index in [4.69, 9.17) is 16.6 Å². The van der Waals surface area contributed by atoms with Crippen LogP contribution in [0, 0.1) is 0 Å². The predicted molar refractivity (Wildman–Crippen MR) is 55.6 cm³/mol. The number of aliphatic hydroxyl groups is 1. The van der Waals surface area contributed by atoms with Crippen LogP contribution in [0.5, 0.6) is 0 Å². The van der Waals surface area contributed by atoms with Crippen molar-refractivity contribution in [3.05, 3.63) is 0 Å². The van der Waals surface area contributed by atoms with E-state index in [1.807, 2.05) is 6.92 Å². The number of nitrogens with two attached hydrogens (primary N) is 2. The normalized spacial score (nSPS) is 15.1. The molecule has 0 aromatic carbocycles. The van der Waals surface area contributed by atoms with Crippen LogP contribution in [-0.2, 0) is 4.79 Å². The summed E-state index contributed by atoms with van der Waals surface area (Å²) in [4.78, 5) is 10.7. The molecule has 0 aromatic heterocycles. The van der Waals surface area contributed by atoms with E-state index in [-0.39, 0.29) is 31.0 Å². The molecule has 0 aliphatic carbocycles. The fourth-order valence-electron chi connectivity index (χ4n) is 1.34. The van der Waals surface area contributed by atoms with E-state index in [9.17, 15) is 4.79 Å². The minimum atomic E-state index is -0.345. The summed E-state index contributed by atoms with van der Waals surface area (Å²) in [7, 11) is 0. The number of amides is 1. The molecule has 0 saturated heterocycles. The summed E-state index contributed by atoms with van der Waals surface area (Å²) < 4.78 is 0. The molecule has 2 unspecified atom stereocenters. The Morgan fingerprint density at radius 2 is 2.21 bits per heavy atom. The van der Waals surface area contributed by atoms with Crippen molar-refractivity contribution in [1.82, 2.24) is 5.32 Å². The van der Waals surface area contributed by atoms with Crippen molar-refractivity contribution in [2.75, 3.05) is 13.2 Å². The van der Waals surface area contributed by atoms with E-state index in [1.165, 1.54) is 0 Å². The van der Waals surface area contributed by atoms with Gasteiger partial charge in [0.25, 0.3) is 0 Å². The molecule has 0 heterocycles. The molecule has 2 atom stereocenters. The van der Waals surface area contributed by atoms with Gasteiger partial charge in [-0.05, 0) is 19.8 Å². The Hall–Kier alpha value is -0.650. The Bertz CT molecular complexity index is 164. The van der Waals surface area contributed by atoms with Crippen LogP contribution < -0.4 is 16.8 Å². The quantitative estimate of drug-likeness (QED) is 0.404. The van der Waals surface area contributed by atoms with Gasteiger partial charge in [0, 0.05) is 31.7 Å². The standard InChI is InChI=1S/C9H21N3O2/c1-7(3-2-4-13)12-8(6-10)5-9(11)14/h7-8,12-13H,2-6,10H2,1H3,(H2,11,14). The molecule has 0 aliphatic rings. The lowest BCUT2D eigenvalue weighted by atomic mass is 10.1. The second kappa shape index (κ2) is 7.73. The third kappa shape index (κ3) is 6.82. The summed E-state index contributed by atoms with van der Waals surface area (Å²) >= 11 is 0. The molecule has 0 bridgehead atoms. The lowest BCUT2D eigenvalue weighted by Crippen LogP contribution is -2.43. The summed E-state index contributed by atoms with van der Waals surface area (Å²) in [6.45, 7) is 2.58. The molecule has 0 saturated carbocycles. The van der Waals surface area contributed by atoms with E-state index in [0.29, 0.717) is 6.54 Å². The van der Waals surface area contributed by atoms with Crippen molar-refractivity contribution >= 4 is 5.91 Å². The van der Waals surface area contributed by atoms with Crippen LogP contribution >= 0.6 is 0 Å². The molecule has 5 heteroatoms. The minimum Gasteiger partial charge on any atom is -0.396 e. The van der Waals surface area contributed by atoms with Gasteiger partial charge in [-0.3, -0.25) is 4.79 Å². The van der Waals surface area contributed by atoms with Gasteiger partial charge in [0.05, 0.1) is 0 Å². The van der Waals surface area contributed by atoms with Gasteiger partial charge >= 0.3 is 0 Å². The zero-order valence-corrected chi connectivity index (χ0v) is 8.70. The number of hydrogen-bond acceptors (Lipinski definition) is 4. The number of primary amides is 1. The Balaban J connectivity index is 3.73. The summed E-state index contributed by atoms with van der Waals surface area (Å²) in [6, 6.07) is 0.191. The molecular weight excluding hydrogens is 182 g/mol. The minimum absolute atomic E-state index is 0.0545. The SMILES string of the molecule is CC(CCCO)NC(CN)CC(N)=O. The number of nitrogens with one attached hydrogen (secondary N) is 1. The third-order valence-corrected chi connectivity index (χ3v) is 2.05. The average Bonchev–Trinajstić information content (AvgIpc) is 2.12. The lowest BCUT2D eigenvalue weighted by molar-refractivity contribution is -0.118. The maximum Gasteiger partial charge on any atom is 0.219 e. The van der Waals surface area contributed by atoms with Crippen LogP contribution in [0.3, 0.4) is 0 Å². The van der Waals surface area contributed by atoms with Crippen molar-refractivity contribution < 1.29 is 9.90 Å². The van der Waals surface area contributed by atoms with Gasteiger partial charge in [0.2, 0.25) is 5.91 Å². The van der Waals surface area contributed by atoms with Crippen LogP contribution in [0.2, 0.25) is 0 Å². The Labute approximate surface area is 84.8 Å². The average molecular weight is 203 g/mol. The van der Waals surface area contributed by atoms with E-state index in [2.05, 4.69) is 5.32 Å². The molecule has 0 aliphatic heterocycles. The van der Waals surface area contributed by atoms with Crippen LogP contribution in [-0.4, -0.2) is 36.2 Å². The van der Waals surface area contributed by atoms with Gasteiger partial charge in [-0.15, -0.1) is 0 Å². The van der Waals surface area contributed by atoms with E-state index in [1.54, 1.807) is 0 Å². The predicted octanol–water partition coefficient (Wildman–Crippen LogP) is -1.06. The molecule has 6 N–H and O–H groups in total. The molecule has 0 radical (unpaired) electrons. The monoisotopic (exact) mass is 203 g/mol. The van der Waals surface area contributed by atoms with Crippen molar-refractivity contribution in [2.45, 2.75) is 38.3 Å². The number of aliphatic hydroxyl groups excluding tert-OH is 1. The van der Waals surface area contributed by atoms with Crippen LogP contribution in [0.25, 0.3) is 0 Å². The number of carbonyl (C=O) groups excluding carboxylic acids is 1. The molecule has 14 heavy (non-hydrogen) atoms. The van der Waals surface area contributed by atoms with Gasteiger partial charge in [0.1, 0.15) is 0 Å². The summed E-state index contributed by atoms with van der Waals surface area (Å²) in [5, 5.41) is 11.8. The zero-order chi connectivity index (χ0) is 11.0.